The number of hydrogen-bond acceptors (Lipinski definition) is 2. The molecule has 108 valence electrons. The summed E-state index contributed by atoms with van der Waals surface area (Å²) in [7, 11) is 3.62. The Morgan fingerprint density at radius 2 is 1.32 bits per heavy atom. The predicted molar refractivity (Wildman–Crippen MR) is 62.5 cm³/mol. The highest BCUT2D eigenvalue weighted by atomic mass is 19.2. The fraction of sp³-hybridized carbons (Fsp3) is 0.500. The Bertz CT molecular complexity index is 433. The fourth-order valence-electron chi connectivity index (χ4n) is 1.50. The van der Waals surface area contributed by atoms with Crippen molar-refractivity contribution >= 4 is 5.69 Å². The first-order chi connectivity index (χ1) is 8.75. The summed E-state index contributed by atoms with van der Waals surface area (Å²) in [5, 5.41) is 2.32. The minimum absolute atomic E-state index is 0.435. The second-order valence-corrected chi connectivity index (χ2v) is 4.58. The molecule has 1 aromatic rings. The molecule has 1 aromatic carbocycles. The van der Waals surface area contributed by atoms with Gasteiger partial charge in [-0.15, -0.1) is 0 Å². The highest BCUT2D eigenvalue weighted by molar-refractivity contribution is 5.48. The molecule has 0 spiro atoms. The van der Waals surface area contributed by atoms with Gasteiger partial charge in [0, 0.05) is 6.04 Å². The summed E-state index contributed by atoms with van der Waals surface area (Å²) in [6, 6.07) is -0.435. The van der Waals surface area contributed by atoms with E-state index in [-0.39, 0.29) is 0 Å². The number of nitrogens with one attached hydrogen (secondary N) is 1. The van der Waals surface area contributed by atoms with Crippen molar-refractivity contribution in [1.29, 1.82) is 0 Å². The maximum Gasteiger partial charge on any atom is 0.200 e. The molecule has 0 aliphatic carbocycles. The summed E-state index contributed by atoms with van der Waals surface area (Å²) in [5.41, 5.74) is -0.984. The third-order valence-corrected chi connectivity index (χ3v) is 2.61. The smallest absolute Gasteiger partial charge is 0.200 e. The van der Waals surface area contributed by atoms with Crippen molar-refractivity contribution < 1.29 is 22.0 Å². The number of benzene rings is 1. The Morgan fingerprint density at radius 1 is 0.895 bits per heavy atom. The standard InChI is InChI=1S/C12H15F5N2/c1-6(4-5-19(2)3)18-12-10(16)8(14)7(13)9(15)11(12)17/h6,18H,4-5H2,1-3H3. The van der Waals surface area contributed by atoms with Gasteiger partial charge in [0.25, 0.3) is 0 Å². The molecule has 0 aromatic heterocycles. The Morgan fingerprint density at radius 3 is 1.74 bits per heavy atom. The van der Waals surface area contributed by atoms with E-state index in [1.165, 1.54) is 0 Å². The van der Waals surface area contributed by atoms with Gasteiger partial charge in [0.05, 0.1) is 0 Å². The Kier molecular flexibility index (Phi) is 5.11. The molecule has 0 bridgehead atoms. The molecule has 1 N–H and O–H groups in total. The van der Waals surface area contributed by atoms with Crippen LogP contribution in [0.25, 0.3) is 0 Å². The zero-order valence-corrected chi connectivity index (χ0v) is 10.8. The van der Waals surface area contributed by atoms with Gasteiger partial charge in [0.1, 0.15) is 5.69 Å². The van der Waals surface area contributed by atoms with Crippen molar-refractivity contribution in [3.05, 3.63) is 29.1 Å². The largest absolute Gasteiger partial charge is 0.378 e. The molecule has 1 atom stereocenters. The van der Waals surface area contributed by atoms with Crippen LogP contribution in [0.3, 0.4) is 0 Å². The topological polar surface area (TPSA) is 15.3 Å². The third-order valence-electron chi connectivity index (χ3n) is 2.61. The molecule has 0 saturated heterocycles. The minimum atomic E-state index is -2.15. The van der Waals surface area contributed by atoms with Gasteiger partial charge in [-0.1, -0.05) is 0 Å². The molecular weight excluding hydrogens is 267 g/mol. The highest BCUT2D eigenvalue weighted by Crippen LogP contribution is 2.27. The van der Waals surface area contributed by atoms with Gasteiger partial charge in [-0.05, 0) is 34.0 Å². The van der Waals surface area contributed by atoms with Crippen molar-refractivity contribution in [1.82, 2.24) is 4.90 Å². The van der Waals surface area contributed by atoms with E-state index in [0.29, 0.717) is 13.0 Å². The molecule has 0 aliphatic rings. The van der Waals surface area contributed by atoms with Gasteiger partial charge in [-0.3, -0.25) is 0 Å². The zero-order chi connectivity index (χ0) is 14.7. The first kappa shape index (κ1) is 15.7. The van der Waals surface area contributed by atoms with E-state index in [1.807, 2.05) is 19.0 Å². The molecule has 7 heteroatoms. The van der Waals surface area contributed by atoms with Crippen molar-refractivity contribution in [3.8, 4) is 0 Å². The van der Waals surface area contributed by atoms with Crippen LogP contribution < -0.4 is 5.32 Å². The summed E-state index contributed by atoms with van der Waals surface area (Å²) < 4.78 is 65.5. The van der Waals surface area contributed by atoms with Gasteiger partial charge in [0.15, 0.2) is 23.3 Å². The number of anilines is 1. The first-order valence-corrected chi connectivity index (χ1v) is 5.68. The molecule has 0 radical (unpaired) electrons. The lowest BCUT2D eigenvalue weighted by Gasteiger charge is -2.19. The molecular formula is C12H15F5N2. The lowest BCUT2D eigenvalue weighted by atomic mass is 10.2. The van der Waals surface area contributed by atoms with E-state index < -0.39 is 40.8 Å². The number of halogens is 5. The van der Waals surface area contributed by atoms with Crippen LogP contribution in [0.5, 0.6) is 0 Å². The molecule has 0 amide bonds. The molecule has 0 aliphatic heterocycles. The molecule has 0 saturated carbocycles. The normalized spacial score (nSPS) is 12.9. The summed E-state index contributed by atoms with van der Waals surface area (Å²) in [4.78, 5) is 1.84. The maximum absolute atomic E-state index is 13.4. The van der Waals surface area contributed by atoms with E-state index in [4.69, 9.17) is 0 Å². The van der Waals surface area contributed by atoms with Crippen molar-refractivity contribution in [2.75, 3.05) is 26.0 Å². The van der Waals surface area contributed by atoms with Crippen molar-refractivity contribution in [3.63, 3.8) is 0 Å². The number of hydrogen-bond donors (Lipinski definition) is 1. The van der Waals surface area contributed by atoms with Gasteiger partial charge < -0.3 is 10.2 Å². The molecule has 1 unspecified atom stereocenters. The second-order valence-electron chi connectivity index (χ2n) is 4.58. The second kappa shape index (κ2) is 6.18. The Balaban J connectivity index is 2.95. The Hall–Kier alpha value is -1.37. The maximum atomic E-state index is 13.4. The van der Waals surface area contributed by atoms with Crippen molar-refractivity contribution in [2.45, 2.75) is 19.4 Å². The monoisotopic (exact) mass is 282 g/mol. The fourth-order valence-corrected chi connectivity index (χ4v) is 1.50. The molecule has 19 heavy (non-hydrogen) atoms. The summed E-state index contributed by atoms with van der Waals surface area (Å²) in [6.45, 7) is 2.21. The quantitative estimate of drug-likeness (QED) is 0.507. The van der Waals surface area contributed by atoms with Gasteiger partial charge in [0.2, 0.25) is 5.82 Å². The van der Waals surface area contributed by atoms with E-state index in [9.17, 15) is 22.0 Å². The van der Waals surface area contributed by atoms with Crippen molar-refractivity contribution in [2.24, 2.45) is 0 Å². The van der Waals surface area contributed by atoms with E-state index in [2.05, 4.69) is 5.32 Å². The average molecular weight is 282 g/mol. The van der Waals surface area contributed by atoms with E-state index in [1.54, 1.807) is 6.92 Å². The van der Waals surface area contributed by atoms with Crippen LogP contribution >= 0.6 is 0 Å². The van der Waals surface area contributed by atoms with E-state index >= 15 is 0 Å². The zero-order valence-electron chi connectivity index (χ0n) is 10.8. The van der Waals surface area contributed by atoms with Crippen LogP contribution in [-0.4, -0.2) is 31.6 Å². The molecule has 1 rings (SSSR count). The minimum Gasteiger partial charge on any atom is -0.378 e. The summed E-state index contributed by atoms with van der Waals surface area (Å²) in [5.74, 6) is -9.72. The molecule has 2 nitrogen and oxygen atoms in total. The summed E-state index contributed by atoms with van der Waals surface area (Å²) >= 11 is 0. The number of nitrogens with zero attached hydrogens (tertiary/aromatic N) is 1. The lowest BCUT2D eigenvalue weighted by molar-refractivity contribution is 0.376. The number of rotatable bonds is 5. The van der Waals surface area contributed by atoms with Crippen LogP contribution in [-0.2, 0) is 0 Å². The van der Waals surface area contributed by atoms with Gasteiger partial charge >= 0.3 is 0 Å². The Labute approximate surface area is 108 Å². The first-order valence-electron chi connectivity index (χ1n) is 5.68. The van der Waals surface area contributed by atoms with E-state index in [0.717, 1.165) is 0 Å². The molecule has 0 heterocycles. The van der Waals surface area contributed by atoms with Gasteiger partial charge in [-0.2, -0.15) is 0 Å². The SMILES string of the molecule is CC(CCN(C)C)Nc1c(F)c(F)c(F)c(F)c1F. The summed E-state index contributed by atoms with van der Waals surface area (Å²) in [6.07, 6.45) is 0.493. The van der Waals surface area contributed by atoms with Crippen LogP contribution in [0.4, 0.5) is 27.6 Å². The third kappa shape index (κ3) is 3.56. The predicted octanol–water partition coefficient (Wildman–Crippen LogP) is 3.13. The van der Waals surface area contributed by atoms with Crippen LogP contribution in [0.2, 0.25) is 0 Å². The van der Waals surface area contributed by atoms with Crippen LogP contribution in [0, 0.1) is 29.1 Å². The lowest BCUT2D eigenvalue weighted by Crippen LogP contribution is -2.24. The highest BCUT2D eigenvalue weighted by Gasteiger charge is 2.26. The van der Waals surface area contributed by atoms with Gasteiger partial charge in [-0.25, -0.2) is 22.0 Å². The van der Waals surface area contributed by atoms with Crippen LogP contribution in [0.15, 0.2) is 0 Å². The molecule has 0 fully saturated rings. The van der Waals surface area contributed by atoms with Crippen LogP contribution in [0.1, 0.15) is 13.3 Å². The average Bonchev–Trinajstić information content (AvgIpc) is 2.36.